The fourth-order valence-electron chi connectivity index (χ4n) is 1.86. The third-order valence-corrected chi connectivity index (χ3v) is 3.90. The quantitative estimate of drug-likeness (QED) is 0.787. The smallest absolute Gasteiger partial charge is 0.0515 e. The Balaban J connectivity index is 1.98. The summed E-state index contributed by atoms with van der Waals surface area (Å²) >= 11 is 1.95. The zero-order valence-electron chi connectivity index (χ0n) is 8.05. The van der Waals surface area contributed by atoms with Gasteiger partial charge in [-0.05, 0) is 50.7 Å². The van der Waals surface area contributed by atoms with Crippen LogP contribution in [0.5, 0.6) is 0 Å². The molecule has 1 aromatic rings. The molecule has 0 fully saturated rings. The van der Waals surface area contributed by atoms with Crippen molar-refractivity contribution in [3.63, 3.8) is 0 Å². The van der Waals surface area contributed by atoms with Gasteiger partial charge in [-0.25, -0.2) is 0 Å². The Labute approximate surface area is 83.4 Å². The summed E-state index contributed by atoms with van der Waals surface area (Å²) in [6.07, 6.45) is 5.71. The second-order valence-corrected chi connectivity index (χ2v) is 5.12. The largest absolute Gasteiger partial charge is 0.393 e. The highest BCUT2D eigenvalue weighted by molar-refractivity contribution is 7.12. The summed E-state index contributed by atoms with van der Waals surface area (Å²) in [5.74, 6) is 0. The summed E-state index contributed by atoms with van der Waals surface area (Å²) in [4.78, 5) is 3.06. The molecule has 72 valence electrons. The molecule has 0 aromatic carbocycles. The van der Waals surface area contributed by atoms with E-state index in [1.165, 1.54) is 24.1 Å². The van der Waals surface area contributed by atoms with Crippen molar-refractivity contribution in [2.24, 2.45) is 0 Å². The first-order chi connectivity index (χ1) is 6.25. The standard InChI is InChI=1S/C11H16OS/c1-8(12)5-6-10-7-9-3-2-4-11(9)13-10/h7-8,12H,2-6H2,1H3/t8-/m1/s1. The van der Waals surface area contributed by atoms with Crippen LogP contribution in [0.15, 0.2) is 6.07 Å². The molecule has 1 nitrogen and oxygen atoms in total. The van der Waals surface area contributed by atoms with E-state index in [9.17, 15) is 0 Å². The molecule has 0 bridgehead atoms. The van der Waals surface area contributed by atoms with Gasteiger partial charge in [-0.1, -0.05) is 0 Å². The molecule has 0 spiro atoms. The molecule has 0 amide bonds. The van der Waals surface area contributed by atoms with Gasteiger partial charge in [0, 0.05) is 9.75 Å². The van der Waals surface area contributed by atoms with Crippen molar-refractivity contribution in [2.45, 2.75) is 45.1 Å². The number of hydrogen-bond acceptors (Lipinski definition) is 2. The number of hydrogen-bond donors (Lipinski definition) is 1. The Morgan fingerprint density at radius 2 is 2.38 bits per heavy atom. The van der Waals surface area contributed by atoms with Crippen molar-refractivity contribution < 1.29 is 5.11 Å². The van der Waals surface area contributed by atoms with E-state index in [-0.39, 0.29) is 6.10 Å². The summed E-state index contributed by atoms with van der Waals surface area (Å²) < 4.78 is 0. The van der Waals surface area contributed by atoms with E-state index in [4.69, 9.17) is 5.11 Å². The Kier molecular flexibility index (Phi) is 2.70. The summed E-state index contributed by atoms with van der Waals surface area (Å²) in [6, 6.07) is 2.34. The maximum Gasteiger partial charge on any atom is 0.0515 e. The lowest BCUT2D eigenvalue weighted by atomic mass is 10.1. The molecule has 1 atom stereocenters. The van der Waals surface area contributed by atoms with Gasteiger partial charge in [0.2, 0.25) is 0 Å². The fourth-order valence-corrected chi connectivity index (χ4v) is 3.14. The van der Waals surface area contributed by atoms with Crippen LogP contribution in [0.25, 0.3) is 0 Å². The molecule has 0 saturated carbocycles. The van der Waals surface area contributed by atoms with E-state index in [0.717, 1.165) is 12.8 Å². The second-order valence-electron chi connectivity index (χ2n) is 3.90. The van der Waals surface area contributed by atoms with Gasteiger partial charge in [0.15, 0.2) is 0 Å². The van der Waals surface area contributed by atoms with Crippen molar-refractivity contribution >= 4 is 11.3 Å². The lowest BCUT2D eigenvalue weighted by Crippen LogP contribution is -2.00. The van der Waals surface area contributed by atoms with E-state index in [1.54, 1.807) is 10.4 Å². The molecule has 1 aromatic heterocycles. The highest BCUT2D eigenvalue weighted by Crippen LogP contribution is 2.31. The van der Waals surface area contributed by atoms with E-state index in [2.05, 4.69) is 6.07 Å². The first kappa shape index (κ1) is 9.22. The molecular weight excluding hydrogens is 180 g/mol. The molecule has 1 aliphatic rings. The van der Waals surface area contributed by atoms with Gasteiger partial charge in [0.25, 0.3) is 0 Å². The van der Waals surface area contributed by atoms with E-state index >= 15 is 0 Å². The van der Waals surface area contributed by atoms with Gasteiger partial charge in [-0.2, -0.15) is 0 Å². The van der Waals surface area contributed by atoms with E-state index < -0.39 is 0 Å². The van der Waals surface area contributed by atoms with Crippen molar-refractivity contribution in [3.05, 3.63) is 21.4 Å². The molecule has 1 N–H and O–H groups in total. The number of aliphatic hydroxyl groups is 1. The van der Waals surface area contributed by atoms with Gasteiger partial charge < -0.3 is 5.11 Å². The predicted octanol–water partition coefficient (Wildman–Crippen LogP) is 2.55. The first-order valence-electron chi connectivity index (χ1n) is 5.04. The molecule has 0 radical (unpaired) electrons. The molecule has 1 heterocycles. The van der Waals surface area contributed by atoms with Crippen LogP contribution in [-0.4, -0.2) is 11.2 Å². The summed E-state index contributed by atoms with van der Waals surface area (Å²) in [6.45, 7) is 1.86. The number of aliphatic hydroxyl groups excluding tert-OH is 1. The fraction of sp³-hybridized carbons (Fsp3) is 0.636. The normalized spacial score (nSPS) is 17.4. The Bertz CT molecular complexity index is 267. The summed E-state index contributed by atoms with van der Waals surface area (Å²) in [5, 5.41) is 9.17. The van der Waals surface area contributed by atoms with Crippen molar-refractivity contribution in [1.82, 2.24) is 0 Å². The SMILES string of the molecule is C[C@@H](O)CCc1cc2c(s1)CCC2. The van der Waals surface area contributed by atoms with Crippen LogP contribution in [0.1, 0.15) is 35.1 Å². The molecule has 2 heteroatoms. The maximum absolute atomic E-state index is 9.17. The molecular formula is C11H16OS. The Hall–Kier alpha value is -0.340. The highest BCUT2D eigenvalue weighted by Gasteiger charge is 2.14. The van der Waals surface area contributed by atoms with Crippen molar-refractivity contribution in [1.29, 1.82) is 0 Å². The van der Waals surface area contributed by atoms with Crippen LogP contribution in [0, 0.1) is 0 Å². The lowest BCUT2D eigenvalue weighted by molar-refractivity contribution is 0.185. The zero-order chi connectivity index (χ0) is 9.26. The third kappa shape index (κ3) is 2.12. The van der Waals surface area contributed by atoms with Gasteiger partial charge in [0.05, 0.1) is 6.10 Å². The number of fused-ring (bicyclic) bond motifs is 1. The molecule has 0 aliphatic heterocycles. The van der Waals surface area contributed by atoms with Crippen LogP contribution in [0.2, 0.25) is 0 Å². The Morgan fingerprint density at radius 3 is 3.08 bits per heavy atom. The van der Waals surface area contributed by atoms with Gasteiger partial charge >= 0.3 is 0 Å². The van der Waals surface area contributed by atoms with E-state index in [0.29, 0.717) is 0 Å². The van der Waals surface area contributed by atoms with Crippen molar-refractivity contribution in [3.8, 4) is 0 Å². The minimum absolute atomic E-state index is 0.156. The van der Waals surface area contributed by atoms with Crippen LogP contribution in [0.3, 0.4) is 0 Å². The minimum Gasteiger partial charge on any atom is -0.393 e. The molecule has 1 aliphatic carbocycles. The van der Waals surface area contributed by atoms with Crippen LogP contribution in [-0.2, 0) is 19.3 Å². The monoisotopic (exact) mass is 196 g/mol. The van der Waals surface area contributed by atoms with Crippen LogP contribution < -0.4 is 0 Å². The van der Waals surface area contributed by atoms with E-state index in [1.807, 2.05) is 18.3 Å². The minimum atomic E-state index is -0.156. The lowest BCUT2D eigenvalue weighted by Gasteiger charge is -2.00. The Morgan fingerprint density at radius 1 is 1.54 bits per heavy atom. The molecule has 0 saturated heterocycles. The van der Waals surface area contributed by atoms with Crippen molar-refractivity contribution in [2.75, 3.05) is 0 Å². The highest BCUT2D eigenvalue weighted by atomic mass is 32.1. The first-order valence-corrected chi connectivity index (χ1v) is 5.86. The number of rotatable bonds is 3. The average molecular weight is 196 g/mol. The molecule has 13 heavy (non-hydrogen) atoms. The third-order valence-electron chi connectivity index (χ3n) is 2.61. The zero-order valence-corrected chi connectivity index (χ0v) is 8.86. The average Bonchev–Trinajstić information content (AvgIpc) is 2.58. The van der Waals surface area contributed by atoms with Gasteiger partial charge in [-0.15, -0.1) is 11.3 Å². The molecule has 2 rings (SSSR count). The number of aryl methyl sites for hydroxylation is 3. The second kappa shape index (κ2) is 3.81. The maximum atomic E-state index is 9.17. The molecule has 0 unspecified atom stereocenters. The number of thiophene rings is 1. The van der Waals surface area contributed by atoms with Gasteiger partial charge in [0.1, 0.15) is 0 Å². The summed E-state index contributed by atoms with van der Waals surface area (Å²) in [7, 11) is 0. The summed E-state index contributed by atoms with van der Waals surface area (Å²) in [5.41, 5.74) is 1.57. The van der Waals surface area contributed by atoms with Crippen LogP contribution in [0.4, 0.5) is 0 Å². The predicted molar refractivity (Wildman–Crippen MR) is 56.3 cm³/mol. The topological polar surface area (TPSA) is 20.2 Å². The van der Waals surface area contributed by atoms with Crippen LogP contribution >= 0.6 is 11.3 Å². The van der Waals surface area contributed by atoms with Gasteiger partial charge in [-0.3, -0.25) is 0 Å².